The summed E-state index contributed by atoms with van der Waals surface area (Å²) in [6, 6.07) is 12.3. The van der Waals surface area contributed by atoms with E-state index in [0.717, 1.165) is 60.9 Å². The van der Waals surface area contributed by atoms with Crippen LogP contribution >= 0.6 is 0 Å². The van der Waals surface area contributed by atoms with Crippen molar-refractivity contribution in [2.45, 2.75) is 91.0 Å². The topological polar surface area (TPSA) is 59.2 Å². The van der Waals surface area contributed by atoms with E-state index in [2.05, 4.69) is 89.2 Å². The lowest BCUT2D eigenvalue weighted by molar-refractivity contribution is 0.159. The van der Waals surface area contributed by atoms with E-state index < -0.39 is 16.6 Å². The smallest absolute Gasteiger partial charge is 0.192 e. The van der Waals surface area contributed by atoms with Crippen LogP contribution in [0, 0.1) is 0 Å². The average molecular weight is 570 g/mol. The Morgan fingerprint density at radius 1 is 0.872 bits per heavy atom. The third-order valence-corrected chi connectivity index (χ3v) is 17.8. The third kappa shape index (κ3) is 7.89. The summed E-state index contributed by atoms with van der Waals surface area (Å²) < 4.78 is 15.1. The number of aliphatic hydroxyl groups is 1. The fourth-order valence-corrected chi connectivity index (χ4v) is 6.14. The fraction of sp³-hybridized carbons (Fsp3) is 0.581. The van der Waals surface area contributed by atoms with Gasteiger partial charge in [0.25, 0.3) is 0 Å². The monoisotopic (exact) mass is 569 g/mol. The van der Waals surface area contributed by atoms with Crippen molar-refractivity contribution >= 4 is 22.2 Å². The third-order valence-electron chi connectivity index (χ3n) is 8.76. The van der Waals surface area contributed by atoms with Gasteiger partial charge in [-0.25, -0.2) is 0 Å². The molecule has 0 atom stereocenters. The summed E-state index contributed by atoms with van der Waals surface area (Å²) in [7, 11) is -3.61. The molecule has 0 saturated carbocycles. The van der Waals surface area contributed by atoms with Crippen molar-refractivity contribution < 1.29 is 14.0 Å². The number of fused-ring (bicyclic) bond motifs is 1. The van der Waals surface area contributed by atoms with Crippen molar-refractivity contribution in [3.05, 3.63) is 59.9 Å². The van der Waals surface area contributed by atoms with Crippen LogP contribution in [0.5, 0.6) is 0 Å². The second-order valence-electron chi connectivity index (χ2n) is 13.7. The van der Waals surface area contributed by atoms with Gasteiger partial charge in [0.15, 0.2) is 16.6 Å². The zero-order valence-electron chi connectivity index (χ0n) is 26.0. The molecule has 8 heteroatoms. The number of hydrogen-bond donors (Lipinski definition) is 1. The van der Waals surface area contributed by atoms with Gasteiger partial charge in [-0.05, 0) is 66.1 Å². The number of pyridine rings is 2. The van der Waals surface area contributed by atoms with Gasteiger partial charge in [-0.2, -0.15) is 0 Å². The van der Waals surface area contributed by atoms with Gasteiger partial charge in [-0.3, -0.25) is 9.88 Å². The zero-order valence-corrected chi connectivity index (χ0v) is 28.0. The van der Waals surface area contributed by atoms with Gasteiger partial charge in [0.2, 0.25) is 0 Å². The summed E-state index contributed by atoms with van der Waals surface area (Å²) in [4.78, 5) is 7.26. The van der Waals surface area contributed by atoms with E-state index in [1.54, 1.807) is 0 Å². The lowest BCUT2D eigenvalue weighted by Crippen LogP contribution is -2.44. The number of nitrogens with zero attached hydrogens (tertiary/aromatic N) is 3. The van der Waals surface area contributed by atoms with Crippen LogP contribution in [-0.4, -0.2) is 62.3 Å². The van der Waals surface area contributed by atoms with Crippen molar-refractivity contribution in [2.75, 3.05) is 26.3 Å². The van der Waals surface area contributed by atoms with Gasteiger partial charge in [0, 0.05) is 56.3 Å². The molecule has 0 aliphatic carbocycles. The Morgan fingerprint density at radius 3 is 1.95 bits per heavy atom. The zero-order chi connectivity index (χ0) is 29.1. The minimum absolute atomic E-state index is 0.0172. The molecule has 0 saturated heterocycles. The lowest BCUT2D eigenvalue weighted by Gasteiger charge is -2.38. The highest BCUT2D eigenvalue weighted by molar-refractivity contribution is 6.74. The van der Waals surface area contributed by atoms with Crippen molar-refractivity contribution in [1.82, 2.24) is 14.3 Å². The summed E-state index contributed by atoms with van der Waals surface area (Å²) >= 11 is 0. The van der Waals surface area contributed by atoms with Gasteiger partial charge in [-0.1, -0.05) is 53.7 Å². The molecule has 0 aliphatic heterocycles. The summed E-state index contributed by atoms with van der Waals surface area (Å²) in [5.74, 6) is 0. The summed E-state index contributed by atoms with van der Waals surface area (Å²) in [5, 5.41) is 10.4. The van der Waals surface area contributed by atoms with Gasteiger partial charge >= 0.3 is 0 Å². The molecule has 0 radical (unpaired) electrons. The molecule has 3 heterocycles. The van der Waals surface area contributed by atoms with Crippen LogP contribution in [0.2, 0.25) is 36.3 Å². The van der Waals surface area contributed by atoms with Gasteiger partial charge in [0.05, 0.1) is 18.0 Å². The number of aromatic nitrogens is 2. The molecule has 0 fully saturated rings. The molecular weight excluding hydrogens is 519 g/mol. The molecule has 216 valence electrons. The van der Waals surface area contributed by atoms with Gasteiger partial charge in [-0.15, -0.1) is 0 Å². The van der Waals surface area contributed by atoms with E-state index in [9.17, 15) is 5.11 Å². The first-order valence-corrected chi connectivity index (χ1v) is 20.0. The highest BCUT2D eigenvalue weighted by Crippen LogP contribution is 2.37. The van der Waals surface area contributed by atoms with Crippen LogP contribution in [0.4, 0.5) is 0 Å². The predicted octanol–water partition coefficient (Wildman–Crippen LogP) is 7.34. The molecule has 0 unspecified atom stereocenters. The number of rotatable bonds is 12. The Bertz CT molecular complexity index is 1180. The first-order valence-electron chi connectivity index (χ1n) is 14.2. The standard InChI is InChI=1S/C31H51N3O3Si2/c1-30(2,3)38(7,8)36-19-17-33(18-20-37-39(9,10)31(4,5)6)23-25-14-15-28(32-22-25)29-26(24-35)21-27-13-11-12-16-34(27)29/h11-16,21-22,35H,17-20,23-24H2,1-10H3. The molecule has 0 amide bonds. The quantitative estimate of drug-likeness (QED) is 0.231. The van der Waals surface area contributed by atoms with E-state index in [4.69, 9.17) is 13.8 Å². The minimum Gasteiger partial charge on any atom is -0.416 e. The second kappa shape index (κ2) is 12.4. The number of aliphatic hydroxyl groups excluding tert-OH is 1. The summed E-state index contributed by atoms with van der Waals surface area (Å²) in [5.41, 5.74) is 4.90. The van der Waals surface area contributed by atoms with Crippen LogP contribution in [0.3, 0.4) is 0 Å². The van der Waals surface area contributed by atoms with Crippen molar-refractivity contribution in [2.24, 2.45) is 0 Å². The highest BCUT2D eigenvalue weighted by atomic mass is 28.4. The molecule has 0 bridgehead atoms. The molecular formula is C31H51N3O3Si2. The maximum absolute atomic E-state index is 9.97. The predicted molar refractivity (Wildman–Crippen MR) is 168 cm³/mol. The Hall–Kier alpha value is -1.82. The van der Waals surface area contributed by atoms with Crippen LogP contribution in [-0.2, 0) is 22.0 Å². The second-order valence-corrected chi connectivity index (χ2v) is 23.3. The molecule has 0 aromatic carbocycles. The van der Waals surface area contributed by atoms with Crippen molar-refractivity contribution in [1.29, 1.82) is 0 Å². The van der Waals surface area contributed by atoms with Crippen LogP contribution < -0.4 is 0 Å². The summed E-state index contributed by atoms with van der Waals surface area (Å²) in [6.07, 6.45) is 3.99. The Labute approximate surface area is 238 Å². The lowest BCUT2D eigenvalue weighted by atomic mass is 10.1. The highest BCUT2D eigenvalue weighted by Gasteiger charge is 2.38. The molecule has 0 aliphatic rings. The average Bonchev–Trinajstić information content (AvgIpc) is 3.21. The Kier molecular flexibility index (Phi) is 10.1. The van der Waals surface area contributed by atoms with Gasteiger partial charge < -0.3 is 18.4 Å². The van der Waals surface area contributed by atoms with E-state index in [0.29, 0.717) is 0 Å². The molecule has 6 nitrogen and oxygen atoms in total. The van der Waals surface area contributed by atoms with Gasteiger partial charge in [0.1, 0.15) is 0 Å². The van der Waals surface area contributed by atoms with Crippen LogP contribution in [0.15, 0.2) is 48.8 Å². The first-order chi connectivity index (χ1) is 18.1. The van der Waals surface area contributed by atoms with E-state index >= 15 is 0 Å². The Morgan fingerprint density at radius 2 is 1.46 bits per heavy atom. The van der Waals surface area contributed by atoms with Crippen molar-refractivity contribution in [3.63, 3.8) is 0 Å². The molecule has 0 spiro atoms. The van der Waals surface area contributed by atoms with Crippen molar-refractivity contribution in [3.8, 4) is 11.4 Å². The molecule has 3 rings (SSSR count). The van der Waals surface area contributed by atoms with E-state index in [-0.39, 0.29) is 16.7 Å². The van der Waals surface area contributed by atoms with E-state index in [1.807, 2.05) is 36.7 Å². The molecule has 1 N–H and O–H groups in total. The maximum Gasteiger partial charge on any atom is 0.192 e. The molecule has 3 aromatic rings. The molecule has 39 heavy (non-hydrogen) atoms. The first kappa shape index (κ1) is 31.7. The normalized spacial score (nSPS) is 13.5. The fourth-order valence-electron chi connectivity index (χ4n) is 4.07. The number of hydrogen-bond acceptors (Lipinski definition) is 5. The van der Waals surface area contributed by atoms with Crippen LogP contribution in [0.1, 0.15) is 52.7 Å². The molecule has 3 aromatic heterocycles. The maximum atomic E-state index is 9.97. The van der Waals surface area contributed by atoms with E-state index in [1.165, 1.54) is 0 Å². The SMILES string of the molecule is CC(C)(C)[Si](C)(C)OCCN(CCO[Si](C)(C)C(C)(C)C)Cc1ccc(-c2c(CO)cc3ccccn23)nc1. The minimum atomic E-state index is -1.81. The van der Waals surface area contributed by atoms with Crippen LogP contribution in [0.25, 0.3) is 16.9 Å². The summed E-state index contributed by atoms with van der Waals surface area (Å²) in [6.45, 7) is 26.9. The largest absolute Gasteiger partial charge is 0.416 e. The Balaban J connectivity index is 1.74.